The molecule has 1 unspecified atom stereocenters. The number of carbonyl (C=O) groups is 2. The molecule has 1 atom stereocenters. The highest BCUT2D eigenvalue weighted by Gasteiger charge is 2.26. The number of aryl methyl sites for hydroxylation is 2. The van der Waals surface area contributed by atoms with E-state index in [0.29, 0.717) is 19.4 Å². The molecule has 0 N–H and O–H groups in total. The average molecular weight is 488 g/mol. The molecule has 1 aromatic heterocycles. The minimum Gasteiger partial charge on any atom is -0.345 e. The van der Waals surface area contributed by atoms with E-state index < -0.39 is 0 Å². The van der Waals surface area contributed by atoms with Gasteiger partial charge in [-0.05, 0) is 69.4 Å². The SMILES string of the molecule is CCC(C)N(Cc1cccn1Cc1ccccc1C)C(=O)CN(C(=O)CCc1ccccc1)C(C)C. The fourth-order valence-corrected chi connectivity index (χ4v) is 4.44. The number of nitrogens with zero attached hydrogens (tertiary/aromatic N) is 3. The van der Waals surface area contributed by atoms with Gasteiger partial charge in [-0.25, -0.2) is 0 Å². The van der Waals surface area contributed by atoms with Crippen LogP contribution < -0.4 is 0 Å². The van der Waals surface area contributed by atoms with Gasteiger partial charge in [0.15, 0.2) is 0 Å². The number of rotatable bonds is 12. The molecule has 2 amide bonds. The highest BCUT2D eigenvalue weighted by Crippen LogP contribution is 2.17. The van der Waals surface area contributed by atoms with Gasteiger partial charge in [-0.15, -0.1) is 0 Å². The third-order valence-electron chi connectivity index (χ3n) is 7.02. The first kappa shape index (κ1) is 27.3. The molecule has 3 rings (SSSR count). The molecule has 1 heterocycles. The standard InChI is InChI=1S/C31H41N3O2/c1-6-26(5)34(22-29-17-12-20-32(29)21-28-16-11-10-13-25(28)4)31(36)23-33(24(2)3)30(35)19-18-27-14-8-7-9-15-27/h7-17,20,24,26H,6,18-19,21-23H2,1-5H3. The van der Waals surface area contributed by atoms with Crippen molar-refractivity contribution in [2.75, 3.05) is 6.54 Å². The second-order valence-corrected chi connectivity index (χ2v) is 9.93. The van der Waals surface area contributed by atoms with Gasteiger partial charge in [0.25, 0.3) is 0 Å². The van der Waals surface area contributed by atoms with E-state index in [2.05, 4.69) is 61.9 Å². The third-order valence-corrected chi connectivity index (χ3v) is 7.02. The Labute approximate surface area is 216 Å². The average Bonchev–Trinajstić information content (AvgIpc) is 3.32. The third kappa shape index (κ3) is 7.33. The summed E-state index contributed by atoms with van der Waals surface area (Å²) in [6.07, 6.45) is 4.01. The summed E-state index contributed by atoms with van der Waals surface area (Å²) in [5.74, 6) is 0.0176. The Hall–Kier alpha value is -3.34. The molecule has 3 aromatic rings. The van der Waals surface area contributed by atoms with Crippen molar-refractivity contribution in [3.8, 4) is 0 Å². The quantitative estimate of drug-likeness (QED) is 0.322. The van der Waals surface area contributed by atoms with Crippen LogP contribution in [0.3, 0.4) is 0 Å². The maximum absolute atomic E-state index is 13.6. The molecule has 5 heteroatoms. The van der Waals surface area contributed by atoms with Crippen molar-refractivity contribution in [3.63, 3.8) is 0 Å². The summed E-state index contributed by atoms with van der Waals surface area (Å²) in [6.45, 7) is 11.7. The second kappa shape index (κ2) is 13.1. The molecule has 0 bridgehead atoms. The minimum absolute atomic E-state index is 0.00486. The number of amides is 2. The van der Waals surface area contributed by atoms with Crippen molar-refractivity contribution in [2.24, 2.45) is 0 Å². The zero-order valence-electron chi connectivity index (χ0n) is 22.5. The van der Waals surface area contributed by atoms with E-state index in [4.69, 9.17) is 0 Å². The summed E-state index contributed by atoms with van der Waals surface area (Å²) in [7, 11) is 0. The lowest BCUT2D eigenvalue weighted by Crippen LogP contribution is -2.48. The minimum atomic E-state index is -0.0408. The van der Waals surface area contributed by atoms with E-state index in [9.17, 15) is 9.59 Å². The van der Waals surface area contributed by atoms with E-state index >= 15 is 0 Å². The molecule has 0 aliphatic heterocycles. The van der Waals surface area contributed by atoms with Crippen LogP contribution in [0.2, 0.25) is 0 Å². The fourth-order valence-electron chi connectivity index (χ4n) is 4.44. The lowest BCUT2D eigenvalue weighted by atomic mass is 10.1. The van der Waals surface area contributed by atoms with Crippen molar-refractivity contribution in [3.05, 3.63) is 95.3 Å². The van der Waals surface area contributed by atoms with Gasteiger partial charge < -0.3 is 14.4 Å². The molecule has 0 aliphatic carbocycles. The lowest BCUT2D eigenvalue weighted by Gasteiger charge is -2.33. The normalized spacial score (nSPS) is 11.9. The summed E-state index contributed by atoms with van der Waals surface area (Å²) in [4.78, 5) is 30.4. The van der Waals surface area contributed by atoms with Gasteiger partial charge in [0.1, 0.15) is 0 Å². The highest BCUT2D eigenvalue weighted by molar-refractivity contribution is 5.85. The van der Waals surface area contributed by atoms with Crippen LogP contribution >= 0.6 is 0 Å². The van der Waals surface area contributed by atoms with Crippen molar-refractivity contribution in [2.45, 2.75) is 79.1 Å². The van der Waals surface area contributed by atoms with Gasteiger partial charge >= 0.3 is 0 Å². The number of aromatic nitrogens is 1. The van der Waals surface area contributed by atoms with Crippen LogP contribution in [-0.4, -0.2) is 44.8 Å². The zero-order chi connectivity index (χ0) is 26.1. The van der Waals surface area contributed by atoms with Gasteiger partial charge in [-0.1, -0.05) is 61.5 Å². The smallest absolute Gasteiger partial charge is 0.242 e. The zero-order valence-corrected chi connectivity index (χ0v) is 22.5. The first-order chi connectivity index (χ1) is 17.3. The summed E-state index contributed by atoms with van der Waals surface area (Å²) in [6, 6.07) is 22.6. The van der Waals surface area contributed by atoms with E-state index in [0.717, 1.165) is 24.2 Å². The largest absolute Gasteiger partial charge is 0.345 e. The molecule has 0 saturated heterocycles. The molecular formula is C31H41N3O2. The molecule has 0 radical (unpaired) electrons. The molecule has 0 spiro atoms. The van der Waals surface area contributed by atoms with Crippen molar-refractivity contribution in [1.29, 1.82) is 0 Å². The van der Waals surface area contributed by atoms with Gasteiger partial charge in [-0.2, -0.15) is 0 Å². The monoisotopic (exact) mass is 487 g/mol. The van der Waals surface area contributed by atoms with Crippen LogP contribution in [0.15, 0.2) is 72.9 Å². The number of hydrogen-bond donors (Lipinski definition) is 0. The van der Waals surface area contributed by atoms with Gasteiger partial charge in [-0.3, -0.25) is 9.59 Å². The fraction of sp³-hybridized carbons (Fsp3) is 0.419. The van der Waals surface area contributed by atoms with Crippen LogP contribution in [0.25, 0.3) is 0 Å². The molecule has 2 aromatic carbocycles. The van der Waals surface area contributed by atoms with E-state index in [1.165, 1.54) is 11.1 Å². The van der Waals surface area contributed by atoms with Crippen LogP contribution in [0.5, 0.6) is 0 Å². The Morgan fingerprint density at radius 3 is 2.22 bits per heavy atom. The first-order valence-corrected chi connectivity index (χ1v) is 13.1. The summed E-state index contributed by atoms with van der Waals surface area (Å²) in [5.41, 5.74) is 4.76. The molecule has 0 saturated carbocycles. The maximum atomic E-state index is 13.6. The maximum Gasteiger partial charge on any atom is 0.242 e. The Kier molecular flexibility index (Phi) is 9.92. The van der Waals surface area contributed by atoms with Crippen LogP contribution in [0, 0.1) is 6.92 Å². The highest BCUT2D eigenvalue weighted by atomic mass is 16.2. The molecular weight excluding hydrogens is 446 g/mol. The van der Waals surface area contributed by atoms with E-state index in [1.54, 1.807) is 4.90 Å². The van der Waals surface area contributed by atoms with Crippen molar-refractivity contribution >= 4 is 11.8 Å². The first-order valence-electron chi connectivity index (χ1n) is 13.1. The number of benzene rings is 2. The predicted molar refractivity (Wildman–Crippen MR) is 147 cm³/mol. The van der Waals surface area contributed by atoms with Gasteiger partial charge in [0, 0.05) is 36.9 Å². The molecule has 192 valence electrons. The van der Waals surface area contributed by atoms with Crippen molar-refractivity contribution < 1.29 is 9.59 Å². The topological polar surface area (TPSA) is 45.6 Å². The number of carbonyl (C=O) groups excluding carboxylic acids is 2. The van der Waals surface area contributed by atoms with Crippen LogP contribution in [-0.2, 0) is 29.1 Å². The summed E-state index contributed by atoms with van der Waals surface area (Å²) in [5, 5.41) is 0. The Morgan fingerprint density at radius 1 is 0.861 bits per heavy atom. The summed E-state index contributed by atoms with van der Waals surface area (Å²) < 4.78 is 2.22. The van der Waals surface area contributed by atoms with Gasteiger partial charge in [0.2, 0.25) is 11.8 Å². The van der Waals surface area contributed by atoms with Gasteiger partial charge in [0.05, 0.1) is 13.1 Å². The predicted octanol–water partition coefficient (Wildman–Crippen LogP) is 5.84. The Bertz CT molecular complexity index is 1120. The van der Waals surface area contributed by atoms with E-state index in [1.807, 2.05) is 55.1 Å². The molecule has 5 nitrogen and oxygen atoms in total. The van der Waals surface area contributed by atoms with E-state index in [-0.39, 0.29) is 30.4 Å². The van der Waals surface area contributed by atoms with Crippen LogP contribution in [0.4, 0.5) is 0 Å². The second-order valence-electron chi connectivity index (χ2n) is 9.93. The summed E-state index contributed by atoms with van der Waals surface area (Å²) >= 11 is 0. The Balaban J connectivity index is 1.71. The molecule has 36 heavy (non-hydrogen) atoms. The lowest BCUT2D eigenvalue weighted by molar-refractivity contribution is -0.143. The molecule has 0 aliphatic rings. The Morgan fingerprint density at radius 2 is 1.56 bits per heavy atom. The van der Waals surface area contributed by atoms with Crippen LogP contribution in [0.1, 0.15) is 62.9 Å². The van der Waals surface area contributed by atoms with Crippen molar-refractivity contribution in [1.82, 2.24) is 14.4 Å². The number of hydrogen-bond acceptors (Lipinski definition) is 2. The molecule has 0 fully saturated rings.